The van der Waals surface area contributed by atoms with Crippen molar-refractivity contribution in [3.8, 4) is 0 Å². The second kappa shape index (κ2) is 5.83. The van der Waals surface area contributed by atoms with E-state index in [1.165, 1.54) is 12.8 Å². The van der Waals surface area contributed by atoms with Crippen LogP contribution in [0, 0.1) is 5.92 Å². The van der Waals surface area contributed by atoms with Crippen LogP contribution in [0.3, 0.4) is 0 Å². The Bertz CT molecular complexity index is 370. The molecule has 0 spiro atoms. The first kappa shape index (κ1) is 12.8. The smallest absolute Gasteiger partial charge is 0.142 e. The van der Waals surface area contributed by atoms with E-state index < -0.39 is 0 Å². The van der Waals surface area contributed by atoms with E-state index in [2.05, 4.69) is 63.7 Å². The van der Waals surface area contributed by atoms with Gasteiger partial charge in [0.1, 0.15) is 5.82 Å². The Kier molecular flexibility index (Phi) is 4.67. The van der Waals surface area contributed by atoms with Crippen LogP contribution < -0.4 is 4.90 Å². The van der Waals surface area contributed by atoms with Crippen molar-refractivity contribution in [2.45, 2.75) is 12.8 Å². The molecule has 1 saturated heterocycles. The van der Waals surface area contributed by atoms with Crippen molar-refractivity contribution in [2.24, 2.45) is 5.92 Å². The number of alkyl halides is 1. The number of aromatic nitrogens is 1. The molecule has 88 valence electrons. The van der Waals surface area contributed by atoms with Gasteiger partial charge in [-0.15, -0.1) is 0 Å². The molecule has 1 aliphatic heterocycles. The van der Waals surface area contributed by atoms with Crippen LogP contribution in [0.25, 0.3) is 0 Å². The highest BCUT2D eigenvalue weighted by Gasteiger charge is 2.24. The van der Waals surface area contributed by atoms with Crippen LogP contribution >= 0.6 is 47.8 Å². The summed E-state index contributed by atoms with van der Waals surface area (Å²) >= 11 is 10.5. The van der Waals surface area contributed by atoms with Crippen LogP contribution in [0.5, 0.6) is 0 Å². The monoisotopic (exact) mass is 410 g/mol. The minimum Gasteiger partial charge on any atom is -0.355 e. The minimum atomic E-state index is 0.803. The van der Waals surface area contributed by atoms with Gasteiger partial charge in [-0.3, -0.25) is 0 Å². The standard InChI is InChI=1S/C11H13Br3N2/c12-3-1-8-2-4-16(7-8)11-10(14)5-9(13)6-15-11/h5-6,8H,1-4,7H2. The molecule has 2 nitrogen and oxygen atoms in total. The lowest BCUT2D eigenvalue weighted by Crippen LogP contribution is -2.21. The molecule has 0 bridgehead atoms. The van der Waals surface area contributed by atoms with Gasteiger partial charge >= 0.3 is 0 Å². The van der Waals surface area contributed by atoms with Crippen molar-refractivity contribution in [3.63, 3.8) is 0 Å². The summed E-state index contributed by atoms with van der Waals surface area (Å²) in [7, 11) is 0. The summed E-state index contributed by atoms with van der Waals surface area (Å²) in [5.74, 6) is 1.87. The Morgan fingerprint density at radius 3 is 2.94 bits per heavy atom. The Hall–Kier alpha value is 0.390. The predicted molar refractivity (Wildman–Crippen MR) is 78.4 cm³/mol. The summed E-state index contributed by atoms with van der Waals surface area (Å²) in [6.45, 7) is 2.24. The van der Waals surface area contributed by atoms with E-state index in [0.717, 1.165) is 39.1 Å². The molecule has 5 heteroatoms. The number of hydrogen-bond acceptors (Lipinski definition) is 2. The van der Waals surface area contributed by atoms with Gasteiger partial charge in [0.05, 0.1) is 4.47 Å². The molecule has 2 rings (SSSR count). The average Bonchev–Trinajstić information content (AvgIpc) is 2.67. The molecule has 0 aliphatic carbocycles. The van der Waals surface area contributed by atoms with E-state index in [1.54, 1.807) is 0 Å². The third kappa shape index (κ3) is 2.99. The summed E-state index contributed by atoms with van der Waals surface area (Å²) < 4.78 is 2.08. The number of rotatable bonds is 3. The molecule has 0 radical (unpaired) electrons. The van der Waals surface area contributed by atoms with Crippen molar-refractivity contribution in [1.29, 1.82) is 0 Å². The fourth-order valence-electron chi connectivity index (χ4n) is 2.06. The average molecular weight is 413 g/mol. The maximum Gasteiger partial charge on any atom is 0.142 e. The number of nitrogens with zero attached hydrogens (tertiary/aromatic N) is 2. The van der Waals surface area contributed by atoms with E-state index in [9.17, 15) is 0 Å². The van der Waals surface area contributed by atoms with Gasteiger partial charge in [-0.25, -0.2) is 4.98 Å². The van der Waals surface area contributed by atoms with Gasteiger partial charge in [0.25, 0.3) is 0 Å². The van der Waals surface area contributed by atoms with Crippen LogP contribution in [0.2, 0.25) is 0 Å². The zero-order chi connectivity index (χ0) is 11.5. The fraction of sp³-hybridized carbons (Fsp3) is 0.545. The second-order valence-electron chi connectivity index (χ2n) is 4.04. The molecule has 0 aromatic carbocycles. The molecule has 0 amide bonds. The molecule has 1 aromatic heterocycles. The van der Waals surface area contributed by atoms with Crippen LogP contribution in [-0.2, 0) is 0 Å². The van der Waals surface area contributed by atoms with Gasteiger partial charge in [-0.05, 0) is 56.7 Å². The molecular weight excluding hydrogens is 400 g/mol. The summed E-state index contributed by atoms with van der Waals surface area (Å²) in [6, 6.07) is 2.06. The summed E-state index contributed by atoms with van der Waals surface area (Å²) in [5, 5.41) is 1.10. The largest absolute Gasteiger partial charge is 0.355 e. The van der Waals surface area contributed by atoms with Crippen molar-refractivity contribution in [1.82, 2.24) is 4.98 Å². The molecule has 0 N–H and O–H groups in total. The summed E-state index contributed by atoms with van der Waals surface area (Å²) in [6.07, 6.45) is 4.39. The quantitative estimate of drug-likeness (QED) is 0.691. The third-order valence-corrected chi connectivity index (χ3v) is 4.37. The summed E-state index contributed by atoms with van der Waals surface area (Å²) in [4.78, 5) is 6.84. The topological polar surface area (TPSA) is 16.1 Å². The third-order valence-electron chi connectivity index (χ3n) is 2.89. The fourth-order valence-corrected chi connectivity index (χ4v) is 3.94. The molecule has 1 atom stereocenters. The molecule has 1 aliphatic rings. The van der Waals surface area contributed by atoms with E-state index in [4.69, 9.17) is 0 Å². The highest BCUT2D eigenvalue weighted by atomic mass is 79.9. The van der Waals surface area contributed by atoms with E-state index in [-0.39, 0.29) is 0 Å². The van der Waals surface area contributed by atoms with Crippen LogP contribution in [0.1, 0.15) is 12.8 Å². The van der Waals surface area contributed by atoms with Gasteiger partial charge in [-0.2, -0.15) is 0 Å². The zero-order valence-electron chi connectivity index (χ0n) is 8.80. The Balaban J connectivity index is 2.08. The minimum absolute atomic E-state index is 0.803. The normalized spacial score (nSPS) is 20.4. The highest BCUT2D eigenvalue weighted by Crippen LogP contribution is 2.31. The zero-order valence-corrected chi connectivity index (χ0v) is 13.6. The maximum atomic E-state index is 4.47. The molecular formula is C11H13Br3N2. The Morgan fingerprint density at radius 1 is 1.44 bits per heavy atom. The summed E-state index contributed by atoms with van der Waals surface area (Å²) in [5.41, 5.74) is 0. The predicted octanol–water partition coefficient (Wildman–Crippen LogP) is 4.22. The molecule has 1 aromatic rings. The van der Waals surface area contributed by atoms with Gasteiger partial charge in [0, 0.05) is 29.1 Å². The SMILES string of the molecule is BrCCC1CCN(c2ncc(Br)cc2Br)C1. The number of halogens is 3. The lowest BCUT2D eigenvalue weighted by molar-refractivity contribution is 0.575. The molecule has 2 heterocycles. The van der Waals surface area contributed by atoms with E-state index >= 15 is 0 Å². The van der Waals surface area contributed by atoms with Crippen LogP contribution in [0.15, 0.2) is 21.2 Å². The maximum absolute atomic E-state index is 4.47. The number of anilines is 1. The van der Waals surface area contributed by atoms with Gasteiger partial charge < -0.3 is 4.90 Å². The van der Waals surface area contributed by atoms with Crippen molar-refractivity contribution in [3.05, 3.63) is 21.2 Å². The lowest BCUT2D eigenvalue weighted by Gasteiger charge is -2.18. The Morgan fingerprint density at radius 2 is 2.25 bits per heavy atom. The first-order chi connectivity index (χ1) is 7.70. The highest BCUT2D eigenvalue weighted by molar-refractivity contribution is 9.11. The first-order valence-corrected chi connectivity index (χ1v) is 8.03. The first-order valence-electron chi connectivity index (χ1n) is 5.32. The van der Waals surface area contributed by atoms with Crippen molar-refractivity contribution in [2.75, 3.05) is 23.3 Å². The lowest BCUT2D eigenvalue weighted by atomic mass is 10.1. The van der Waals surface area contributed by atoms with Crippen LogP contribution in [-0.4, -0.2) is 23.4 Å². The van der Waals surface area contributed by atoms with Crippen molar-refractivity contribution < 1.29 is 0 Å². The van der Waals surface area contributed by atoms with Crippen molar-refractivity contribution >= 4 is 53.6 Å². The molecule has 1 unspecified atom stereocenters. The van der Waals surface area contributed by atoms with Crippen LogP contribution in [0.4, 0.5) is 5.82 Å². The second-order valence-corrected chi connectivity index (χ2v) is 6.60. The van der Waals surface area contributed by atoms with E-state index in [1.807, 2.05) is 6.20 Å². The molecule has 0 saturated carbocycles. The molecule has 1 fully saturated rings. The van der Waals surface area contributed by atoms with Gasteiger partial charge in [0.15, 0.2) is 0 Å². The number of hydrogen-bond donors (Lipinski definition) is 0. The Labute approximate surface area is 121 Å². The van der Waals surface area contributed by atoms with Gasteiger partial charge in [-0.1, -0.05) is 15.9 Å². The molecule has 16 heavy (non-hydrogen) atoms. The number of pyridine rings is 1. The van der Waals surface area contributed by atoms with E-state index in [0.29, 0.717) is 0 Å². The van der Waals surface area contributed by atoms with Gasteiger partial charge in [0.2, 0.25) is 0 Å².